The van der Waals surface area contributed by atoms with Gasteiger partial charge in [-0.2, -0.15) is 4.76 Å². The van der Waals surface area contributed by atoms with E-state index in [0.29, 0.717) is 0 Å². The first kappa shape index (κ1) is 8.41. The lowest BCUT2D eigenvalue weighted by atomic mass is 11.8. The molecule has 1 nitrogen and oxygen atoms in total. The molecule has 0 heterocycles. The normalized spacial score (nSPS) is 10.0. The van der Waals surface area contributed by atoms with E-state index in [9.17, 15) is 0 Å². The third-order valence-electron chi connectivity index (χ3n) is 0.157. The lowest BCUT2D eigenvalue weighted by Crippen LogP contribution is -1.39. The Hall–Kier alpha value is 1.41. The van der Waals surface area contributed by atoms with Crippen LogP contribution in [-0.2, 0) is 11.8 Å². The molecule has 0 N–H and O–H groups in total. The van der Waals surface area contributed by atoms with Gasteiger partial charge >= 0.3 is 0 Å². The molecule has 0 aliphatic rings. The molecular weight excluding hydrogens is 281 g/mol. The van der Waals surface area contributed by atoms with Crippen LogP contribution in [0.4, 0.5) is 0 Å². The number of nitrogens with zero attached hydrogens (tertiary/aromatic N) is 1. The van der Waals surface area contributed by atoms with Crippen LogP contribution in [-0.4, -0.2) is 5.16 Å². The molecule has 0 aromatic carbocycles. The summed E-state index contributed by atoms with van der Waals surface area (Å²) in [4.78, 5) is 0. The summed E-state index contributed by atoms with van der Waals surface area (Å²) in [5.74, 6) is 0. The summed E-state index contributed by atoms with van der Waals surface area (Å²) >= 11 is 15.2. The average Bonchev–Trinajstić information content (AvgIpc) is 1.30. The molecule has 0 bridgehead atoms. The largest absolute Gasteiger partial charge is 0.189 e. The Labute approximate surface area is 68.1 Å². The first-order valence-corrected chi connectivity index (χ1v) is 8.35. The molecular formula is CBr2NPS2. The summed E-state index contributed by atoms with van der Waals surface area (Å²) in [7, 11) is 0. The Morgan fingerprint density at radius 2 is 2.00 bits per heavy atom. The van der Waals surface area contributed by atoms with Crippen LogP contribution in [0.1, 0.15) is 0 Å². The number of thiocarbonyl (C=S) groups is 1. The quantitative estimate of drug-likeness (QED) is 0.416. The van der Waals surface area contributed by atoms with Crippen molar-refractivity contribution in [3.8, 4) is 0 Å². The number of hydrogen-bond donors (Lipinski definition) is 0. The lowest BCUT2D eigenvalue weighted by molar-refractivity contribution is 2.03. The zero-order chi connectivity index (χ0) is 5.91. The highest BCUT2D eigenvalue weighted by Crippen LogP contribution is 2.62. The molecule has 0 saturated carbocycles. The maximum atomic E-state index is 4.73. The van der Waals surface area contributed by atoms with Crippen molar-refractivity contribution in [2.45, 2.75) is 0 Å². The van der Waals surface area contributed by atoms with E-state index >= 15 is 0 Å². The van der Waals surface area contributed by atoms with Crippen molar-refractivity contribution in [3.05, 3.63) is 0 Å². The first-order chi connectivity index (χ1) is 3.06. The van der Waals surface area contributed by atoms with Crippen molar-refractivity contribution in [2.24, 2.45) is 4.76 Å². The van der Waals surface area contributed by atoms with E-state index in [4.69, 9.17) is 11.8 Å². The molecule has 0 spiro atoms. The van der Waals surface area contributed by atoms with Crippen LogP contribution in [0.2, 0.25) is 0 Å². The highest BCUT2D eigenvalue weighted by atomic mass is 79.9. The number of isothiocyanates is 1. The van der Waals surface area contributed by atoms with Gasteiger partial charge < -0.3 is 0 Å². The van der Waals surface area contributed by atoms with Crippen molar-refractivity contribution in [1.29, 1.82) is 0 Å². The maximum absolute atomic E-state index is 4.73. The van der Waals surface area contributed by atoms with Crippen molar-refractivity contribution in [1.82, 2.24) is 0 Å². The van der Waals surface area contributed by atoms with E-state index in [1.165, 1.54) is 0 Å². The van der Waals surface area contributed by atoms with E-state index in [-0.39, 0.29) is 0 Å². The van der Waals surface area contributed by atoms with Crippen LogP contribution >= 0.6 is 46.8 Å². The number of halogens is 2. The number of rotatable bonds is 1. The third kappa shape index (κ3) is 7.41. The van der Waals surface area contributed by atoms with Crippen molar-refractivity contribution in [2.75, 3.05) is 0 Å². The monoisotopic (exact) mass is 279 g/mol. The van der Waals surface area contributed by atoms with E-state index in [1.807, 2.05) is 0 Å². The second kappa shape index (κ2) is 3.44. The predicted molar refractivity (Wildman–Crippen MR) is 47.2 cm³/mol. The minimum absolute atomic E-state index is 1.80. The summed E-state index contributed by atoms with van der Waals surface area (Å²) in [5.41, 5.74) is 0. The topological polar surface area (TPSA) is 12.4 Å². The SMILES string of the molecule is S=C=NP(=S)(Br)Br. The van der Waals surface area contributed by atoms with Crippen LogP contribution in [0.5, 0.6) is 0 Å². The van der Waals surface area contributed by atoms with Gasteiger partial charge in [-0.3, -0.25) is 0 Å². The van der Waals surface area contributed by atoms with Gasteiger partial charge in [-0.15, -0.1) is 0 Å². The second-order valence-corrected chi connectivity index (χ2v) is 15.3. The molecule has 0 rings (SSSR count). The molecule has 0 aliphatic heterocycles. The molecule has 40 valence electrons. The van der Waals surface area contributed by atoms with Crippen LogP contribution in [0.3, 0.4) is 0 Å². The van der Waals surface area contributed by atoms with Gasteiger partial charge in [0.05, 0.1) is 5.16 Å². The van der Waals surface area contributed by atoms with Crippen molar-refractivity contribution in [3.63, 3.8) is 0 Å². The average molecular weight is 281 g/mol. The standard InChI is InChI=1S/CBr2NPS2/c2-5(3,7)4-1-6. The van der Waals surface area contributed by atoms with Gasteiger partial charge in [0.1, 0.15) is 0 Å². The highest BCUT2D eigenvalue weighted by Gasteiger charge is 1.98. The van der Waals surface area contributed by atoms with E-state index in [0.717, 1.165) is 0 Å². The molecule has 0 unspecified atom stereocenters. The smallest absolute Gasteiger partial charge is 0.177 e. The third-order valence-corrected chi connectivity index (χ3v) is 1.91. The minimum atomic E-state index is -1.80. The van der Waals surface area contributed by atoms with Crippen molar-refractivity contribution < 1.29 is 0 Å². The van der Waals surface area contributed by atoms with Gasteiger partial charge in [-0.1, -0.05) is 0 Å². The van der Waals surface area contributed by atoms with E-state index in [2.05, 4.69) is 53.1 Å². The molecule has 0 saturated heterocycles. The molecule has 0 radical (unpaired) electrons. The highest BCUT2D eigenvalue weighted by molar-refractivity contribution is 9.74. The van der Waals surface area contributed by atoms with Gasteiger partial charge in [0.25, 0.3) is 0 Å². The Morgan fingerprint density at radius 1 is 1.57 bits per heavy atom. The minimum Gasteiger partial charge on any atom is -0.177 e. The Morgan fingerprint density at radius 3 is 2.00 bits per heavy atom. The molecule has 0 fully saturated rings. The number of hydrogen-bond acceptors (Lipinski definition) is 2. The molecule has 0 aromatic heterocycles. The first-order valence-electron chi connectivity index (χ1n) is 1.15. The predicted octanol–water partition coefficient (Wildman–Crippen LogP) is 3.10. The van der Waals surface area contributed by atoms with Crippen LogP contribution in [0, 0.1) is 0 Å². The Kier molecular flexibility index (Phi) is 4.13. The zero-order valence-corrected chi connectivity index (χ0v) is 8.67. The fourth-order valence-corrected chi connectivity index (χ4v) is 1.89. The molecule has 0 atom stereocenters. The van der Waals surface area contributed by atoms with Gasteiger partial charge in [-0.05, 0) is 55.0 Å². The fraction of sp³-hybridized carbons (Fsp3) is 0. The molecule has 0 aromatic rings. The Bertz CT molecular complexity index is 144. The molecule has 7 heavy (non-hydrogen) atoms. The van der Waals surface area contributed by atoms with E-state index < -0.39 is 3.59 Å². The summed E-state index contributed by atoms with van der Waals surface area (Å²) in [5, 5.41) is 2.17. The summed E-state index contributed by atoms with van der Waals surface area (Å²) in [6, 6.07) is 0. The summed E-state index contributed by atoms with van der Waals surface area (Å²) in [6.45, 7) is 0. The fourth-order valence-electron chi connectivity index (χ4n) is 0.0475. The van der Waals surface area contributed by atoms with Crippen LogP contribution < -0.4 is 0 Å². The maximum Gasteiger partial charge on any atom is 0.189 e. The van der Waals surface area contributed by atoms with Gasteiger partial charge in [0, 0.05) is 0 Å². The summed E-state index contributed by atoms with van der Waals surface area (Å²) < 4.78 is 1.78. The Balaban J connectivity index is 4.10. The lowest BCUT2D eigenvalue weighted by Gasteiger charge is -1.87. The van der Waals surface area contributed by atoms with Gasteiger partial charge in [0.2, 0.25) is 0 Å². The second-order valence-electron chi connectivity index (χ2n) is 0.626. The zero-order valence-electron chi connectivity index (χ0n) is 2.97. The van der Waals surface area contributed by atoms with Crippen molar-refractivity contribution >= 4 is 63.8 Å². The molecule has 6 heteroatoms. The molecule has 0 aliphatic carbocycles. The van der Waals surface area contributed by atoms with Gasteiger partial charge in [-0.25, -0.2) is 0 Å². The van der Waals surface area contributed by atoms with E-state index in [1.54, 1.807) is 0 Å². The molecule has 0 amide bonds. The van der Waals surface area contributed by atoms with Crippen LogP contribution in [0.25, 0.3) is 0 Å². The van der Waals surface area contributed by atoms with Gasteiger partial charge in [0.15, 0.2) is 3.59 Å². The summed E-state index contributed by atoms with van der Waals surface area (Å²) in [6.07, 6.45) is 0. The van der Waals surface area contributed by atoms with Crippen LogP contribution in [0.15, 0.2) is 4.76 Å².